The van der Waals surface area contributed by atoms with E-state index in [1.807, 2.05) is 0 Å². The normalized spacial score (nSPS) is 40.9. The Hall–Kier alpha value is -0.0800. The zero-order valence-corrected chi connectivity index (χ0v) is 12.7. The third-order valence-electron chi connectivity index (χ3n) is 5.95. The molecule has 0 aromatic rings. The Morgan fingerprint density at radius 3 is 2.84 bits per heavy atom. The van der Waals surface area contributed by atoms with Crippen LogP contribution in [0.4, 0.5) is 0 Å². The molecule has 110 valence electrons. The number of fused-ring (bicyclic) bond motifs is 1. The Bertz CT molecular complexity index is 278. The van der Waals surface area contributed by atoms with E-state index in [1.54, 1.807) is 0 Å². The van der Waals surface area contributed by atoms with Gasteiger partial charge in [0.2, 0.25) is 0 Å². The number of hydrogen-bond acceptors (Lipinski definition) is 2. The molecule has 19 heavy (non-hydrogen) atoms. The molecule has 4 unspecified atom stereocenters. The fourth-order valence-electron chi connectivity index (χ4n) is 4.94. The van der Waals surface area contributed by atoms with Gasteiger partial charge in [-0.1, -0.05) is 32.6 Å². The van der Waals surface area contributed by atoms with Gasteiger partial charge in [-0.05, 0) is 57.0 Å². The number of rotatable bonds is 3. The number of hydrogen-bond donors (Lipinski definition) is 1. The third-order valence-corrected chi connectivity index (χ3v) is 5.95. The van der Waals surface area contributed by atoms with Crippen molar-refractivity contribution in [1.29, 1.82) is 0 Å². The summed E-state index contributed by atoms with van der Waals surface area (Å²) in [5.74, 6) is 2.00. The van der Waals surface area contributed by atoms with Crippen LogP contribution < -0.4 is 5.32 Å². The smallest absolute Gasteiger partial charge is 0.0263 e. The van der Waals surface area contributed by atoms with Gasteiger partial charge >= 0.3 is 0 Å². The van der Waals surface area contributed by atoms with Crippen LogP contribution in [-0.4, -0.2) is 36.6 Å². The van der Waals surface area contributed by atoms with E-state index in [4.69, 9.17) is 0 Å². The van der Waals surface area contributed by atoms with Gasteiger partial charge < -0.3 is 5.32 Å². The average Bonchev–Trinajstić information content (AvgIpc) is 2.79. The van der Waals surface area contributed by atoms with Crippen LogP contribution in [0.3, 0.4) is 0 Å². The highest BCUT2D eigenvalue weighted by molar-refractivity contribution is 4.95. The summed E-state index contributed by atoms with van der Waals surface area (Å²) >= 11 is 0. The monoisotopic (exact) mass is 264 g/mol. The highest BCUT2D eigenvalue weighted by Gasteiger charge is 2.38. The maximum Gasteiger partial charge on any atom is 0.0263 e. The molecule has 3 aliphatic rings. The first-order chi connectivity index (χ1) is 9.38. The minimum absolute atomic E-state index is 0.876. The number of nitrogens with one attached hydrogen (secondary N) is 1. The second-order valence-electron chi connectivity index (χ2n) is 7.18. The highest BCUT2D eigenvalue weighted by atomic mass is 15.2. The van der Waals surface area contributed by atoms with Crippen molar-refractivity contribution < 1.29 is 0 Å². The minimum atomic E-state index is 0.876. The molecular formula is C17H32N2. The molecule has 1 saturated carbocycles. The van der Waals surface area contributed by atoms with Crippen LogP contribution in [-0.2, 0) is 0 Å². The van der Waals surface area contributed by atoms with Crippen LogP contribution in [0, 0.1) is 11.8 Å². The fourth-order valence-corrected chi connectivity index (χ4v) is 4.94. The van der Waals surface area contributed by atoms with E-state index in [0.29, 0.717) is 0 Å². The fraction of sp³-hybridized carbons (Fsp3) is 1.00. The van der Waals surface area contributed by atoms with Crippen molar-refractivity contribution >= 4 is 0 Å². The molecule has 2 aliphatic heterocycles. The summed E-state index contributed by atoms with van der Waals surface area (Å²) in [7, 11) is 0. The lowest BCUT2D eigenvalue weighted by molar-refractivity contribution is 0.0687. The molecule has 0 amide bonds. The van der Waals surface area contributed by atoms with Gasteiger partial charge in [0.05, 0.1) is 0 Å². The molecule has 0 radical (unpaired) electrons. The van der Waals surface area contributed by atoms with Crippen molar-refractivity contribution in [1.82, 2.24) is 10.2 Å². The summed E-state index contributed by atoms with van der Waals surface area (Å²) in [6, 6.07) is 1.79. The van der Waals surface area contributed by atoms with Gasteiger partial charge in [-0.25, -0.2) is 0 Å². The number of piperidine rings is 1. The van der Waals surface area contributed by atoms with Crippen LogP contribution in [0.2, 0.25) is 0 Å². The van der Waals surface area contributed by atoms with Crippen molar-refractivity contribution in [2.75, 3.05) is 19.6 Å². The lowest BCUT2D eigenvalue weighted by atomic mass is 9.89. The van der Waals surface area contributed by atoms with Crippen molar-refractivity contribution in [3.05, 3.63) is 0 Å². The van der Waals surface area contributed by atoms with Crippen molar-refractivity contribution in [3.8, 4) is 0 Å². The molecule has 1 N–H and O–H groups in total. The van der Waals surface area contributed by atoms with Crippen molar-refractivity contribution in [3.63, 3.8) is 0 Å². The van der Waals surface area contributed by atoms with Crippen LogP contribution in [0.5, 0.6) is 0 Å². The molecule has 2 saturated heterocycles. The summed E-state index contributed by atoms with van der Waals surface area (Å²) in [6.07, 6.45) is 13.2. The Labute approximate surface area is 119 Å². The predicted molar refractivity (Wildman–Crippen MR) is 81.4 cm³/mol. The highest BCUT2D eigenvalue weighted by Crippen LogP contribution is 2.34. The van der Waals surface area contributed by atoms with Gasteiger partial charge in [-0.15, -0.1) is 0 Å². The summed E-state index contributed by atoms with van der Waals surface area (Å²) in [4.78, 5) is 2.92. The standard InChI is InChI=1S/C17H32N2/c1-2-5-14-6-3-8-16(10-9-14)19-11-4-7-15-12-18-13-17(15)19/h14-18H,2-13H2,1H3. The van der Waals surface area contributed by atoms with E-state index in [2.05, 4.69) is 17.1 Å². The zero-order valence-electron chi connectivity index (χ0n) is 12.7. The first-order valence-electron chi connectivity index (χ1n) is 8.85. The Kier molecular flexibility index (Phi) is 4.81. The molecule has 3 fully saturated rings. The number of likely N-dealkylation sites (tertiary alicyclic amines) is 1. The average molecular weight is 264 g/mol. The van der Waals surface area contributed by atoms with Gasteiger partial charge in [0.1, 0.15) is 0 Å². The van der Waals surface area contributed by atoms with E-state index in [1.165, 1.54) is 77.4 Å². The molecule has 0 aromatic carbocycles. The van der Waals surface area contributed by atoms with Crippen LogP contribution in [0.1, 0.15) is 64.7 Å². The summed E-state index contributed by atoms with van der Waals surface area (Å²) < 4.78 is 0. The van der Waals surface area contributed by atoms with Crippen LogP contribution in [0.15, 0.2) is 0 Å². The quantitative estimate of drug-likeness (QED) is 0.786. The molecule has 0 spiro atoms. The van der Waals surface area contributed by atoms with Gasteiger partial charge in [-0.2, -0.15) is 0 Å². The number of nitrogens with zero attached hydrogens (tertiary/aromatic N) is 1. The van der Waals surface area contributed by atoms with E-state index in [-0.39, 0.29) is 0 Å². The second-order valence-corrected chi connectivity index (χ2v) is 7.18. The van der Waals surface area contributed by atoms with Gasteiger partial charge in [0.15, 0.2) is 0 Å². The largest absolute Gasteiger partial charge is 0.315 e. The summed E-state index contributed by atoms with van der Waals surface area (Å²) in [5.41, 5.74) is 0. The van der Waals surface area contributed by atoms with Gasteiger partial charge in [0.25, 0.3) is 0 Å². The molecule has 2 heteroatoms. The lowest BCUT2D eigenvalue weighted by Gasteiger charge is -2.42. The summed E-state index contributed by atoms with van der Waals surface area (Å²) in [5, 5.41) is 3.64. The molecule has 1 aliphatic carbocycles. The zero-order chi connectivity index (χ0) is 13.1. The molecule has 0 aromatic heterocycles. The maximum absolute atomic E-state index is 3.64. The van der Waals surface area contributed by atoms with E-state index < -0.39 is 0 Å². The Balaban J connectivity index is 1.58. The molecule has 4 atom stereocenters. The maximum atomic E-state index is 3.64. The molecule has 3 rings (SSSR count). The predicted octanol–water partition coefficient (Wildman–Crippen LogP) is 3.42. The summed E-state index contributed by atoms with van der Waals surface area (Å²) in [6.45, 7) is 6.28. The molecular weight excluding hydrogens is 232 g/mol. The Morgan fingerprint density at radius 1 is 1.00 bits per heavy atom. The van der Waals surface area contributed by atoms with Crippen LogP contribution in [0.25, 0.3) is 0 Å². The van der Waals surface area contributed by atoms with Crippen molar-refractivity contribution in [2.24, 2.45) is 11.8 Å². The lowest BCUT2D eigenvalue weighted by Crippen LogP contribution is -2.50. The SMILES string of the molecule is CCCC1CCCC(N2CCCC3CNCC32)CC1. The molecule has 0 bridgehead atoms. The van der Waals surface area contributed by atoms with Crippen LogP contribution >= 0.6 is 0 Å². The second kappa shape index (κ2) is 6.58. The molecule has 2 heterocycles. The van der Waals surface area contributed by atoms with E-state index in [0.717, 1.165) is 23.9 Å². The minimum Gasteiger partial charge on any atom is -0.315 e. The van der Waals surface area contributed by atoms with Gasteiger partial charge in [0, 0.05) is 18.6 Å². The topological polar surface area (TPSA) is 15.3 Å². The van der Waals surface area contributed by atoms with E-state index in [9.17, 15) is 0 Å². The van der Waals surface area contributed by atoms with E-state index >= 15 is 0 Å². The third kappa shape index (κ3) is 3.16. The first-order valence-corrected chi connectivity index (χ1v) is 8.85. The Morgan fingerprint density at radius 2 is 1.95 bits per heavy atom. The molecule has 2 nitrogen and oxygen atoms in total. The first kappa shape index (κ1) is 13.9. The van der Waals surface area contributed by atoms with Crippen molar-refractivity contribution in [2.45, 2.75) is 76.8 Å². The van der Waals surface area contributed by atoms with Gasteiger partial charge in [-0.3, -0.25) is 4.90 Å².